The first-order valence-corrected chi connectivity index (χ1v) is 6.92. The van der Waals surface area contributed by atoms with E-state index in [2.05, 4.69) is 20.3 Å². The number of rotatable bonds is 4. The molecule has 1 rings (SSSR count). The van der Waals surface area contributed by atoms with Crippen molar-refractivity contribution in [3.63, 3.8) is 0 Å². The number of amides is 1. The van der Waals surface area contributed by atoms with Crippen molar-refractivity contribution in [2.24, 2.45) is 10.9 Å². The maximum atomic E-state index is 11.5. The van der Waals surface area contributed by atoms with Gasteiger partial charge in [-0.05, 0) is 20.8 Å². The minimum absolute atomic E-state index is 0.0474. The minimum Gasteiger partial charge on any atom is -0.444 e. The Morgan fingerprint density at radius 3 is 2.71 bits per heavy atom. The van der Waals surface area contributed by atoms with Gasteiger partial charge in [-0.25, -0.2) is 14.6 Å². The summed E-state index contributed by atoms with van der Waals surface area (Å²) >= 11 is 1.22. The van der Waals surface area contributed by atoms with Crippen molar-refractivity contribution in [3.8, 4) is 0 Å². The first kappa shape index (κ1) is 16.9. The Hall–Kier alpha value is -2.16. The van der Waals surface area contributed by atoms with Crippen LogP contribution in [0.4, 0.5) is 4.79 Å². The van der Waals surface area contributed by atoms with Gasteiger partial charge in [-0.15, -0.1) is 11.3 Å². The lowest BCUT2D eigenvalue weighted by molar-refractivity contribution is -0.140. The van der Waals surface area contributed by atoms with Crippen LogP contribution in [0.25, 0.3) is 0 Å². The van der Waals surface area contributed by atoms with Gasteiger partial charge < -0.3 is 20.6 Å². The molecule has 1 aromatic rings. The normalized spacial score (nSPS) is 11.9. The highest BCUT2D eigenvalue weighted by molar-refractivity contribution is 7.13. The third kappa shape index (κ3) is 6.70. The van der Waals surface area contributed by atoms with E-state index in [1.54, 1.807) is 20.8 Å². The summed E-state index contributed by atoms with van der Waals surface area (Å²) in [6.07, 6.45) is 0.958. The van der Waals surface area contributed by atoms with Crippen molar-refractivity contribution in [3.05, 3.63) is 16.1 Å². The van der Waals surface area contributed by atoms with E-state index in [4.69, 9.17) is 10.5 Å². The summed E-state index contributed by atoms with van der Waals surface area (Å²) in [5, 5.41) is 6.65. The Kier molecular flexibility index (Phi) is 5.65. The van der Waals surface area contributed by atoms with Crippen LogP contribution in [0.2, 0.25) is 0 Å². The third-order valence-electron chi connectivity index (χ3n) is 1.86. The molecule has 9 heteroatoms. The van der Waals surface area contributed by atoms with Crippen molar-refractivity contribution in [1.82, 2.24) is 10.3 Å². The first-order chi connectivity index (χ1) is 9.67. The van der Waals surface area contributed by atoms with E-state index in [9.17, 15) is 9.59 Å². The zero-order valence-electron chi connectivity index (χ0n) is 12.3. The van der Waals surface area contributed by atoms with Gasteiger partial charge in [0.25, 0.3) is 0 Å². The summed E-state index contributed by atoms with van der Waals surface area (Å²) < 4.78 is 5.10. The molecule has 1 heterocycles. The number of carbonyl (C=O) groups is 2. The van der Waals surface area contributed by atoms with E-state index in [1.165, 1.54) is 24.5 Å². The number of nitrogens with two attached hydrogens (primary N) is 1. The van der Waals surface area contributed by atoms with Gasteiger partial charge in [-0.1, -0.05) is 5.16 Å². The fourth-order valence-electron chi connectivity index (χ4n) is 1.13. The number of aromatic nitrogens is 1. The van der Waals surface area contributed by atoms with Crippen molar-refractivity contribution in [2.45, 2.75) is 39.8 Å². The molecule has 0 aliphatic heterocycles. The molecule has 0 radical (unpaired) electrons. The number of alkyl carbamates (subject to hydrolysis) is 1. The molecule has 0 aliphatic rings. The smallest absolute Gasteiger partial charge is 0.408 e. The van der Waals surface area contributed by atoms with Crippen LogP contribution in [0.5, 0.6) is 0 Å². The number of hydrogen-bond donors (Lipinski definition) is 2. The summed E-state index contributed by atoms with van der Waals surface area (Å²) in [4.78, 5) is 31.2. The molecule has 0 unspecified atom stereocenters. The number of oxime groups is 1. The fourth-order valence-corrected chi connectivity index (χ4v) is 1.88. The highest BCUT2D eigenvalue weighted by atomic mass is 32.1. The Morgan fingerprint density at radius 1 is 1.48 bits per heavy atom. The average molecular weight is 314 g/mol. The lowest BCUT2D eigenvalue weighted by Gasteiger charge is -2.19. The monoisotopic (exact) mass is 314 g/mol. The number of carbonyl (C=O) groups excluding carboxylic acids is 2. The highest BCUT2D eigenvalue weighted by Crippen LogP contribution is 2.13. The second-order valence-electron chi connectivity index (χ2n) is 5.03. The lowest BCUT2D eigenvalue weighted by Crippen LogP contribution is -2.32. The number of amidine groups is 1. The summed E-state index contributed by atoms with van der Waals surface area (Å²) in [6.45, 7) is 6.76. The number of ether oxygens (including phenoxy) is 1. The predicted molar refractivity (Wildman–Crippen MR) is 77.7 cm³/mol. The first-order valence-electron chi connectivity index (χ1n) is 6.10. The molecule has 3 N–H and O–H groups in total. The van der Waals surface area contributed by atoms with Gasteiger partial charge in [0.1, 0.15) is 10.6 Å². The second-order valence-corrected chi connectivity index (χ2v) is 6.15. The molecule has 0 saturated heterocycles. The van der Waals surface area contributed by atoms with E-state index >= 15 is 0 Å². The molecule has 1 amide bonds. The van der Waals surface area contributed by atoms with Crippen LogP contribution in [0.1, 0.15) is 37.6 Å². The van der Waals surface area contributed by atoms with Gasteiger partial charge in [0.15, 0.2) is 5.84 Å². The Morgan fingerprint density at radius 2 is 2.14 bits per heavy atom. The van der Waals surface area contributed by atoms with Gasteiger partial charge >= 0.3 is 12.1 Å². The molecule has 116 valence electrons. The molecule has 0 fully saturated rings. The predicted octanol–water partition coefficient (Wildman–Crippen LogP) is 1.35. The molecule has 0 aromatic carbocycles. The third-order valence-corrected chi connectivity index (χ3v) is 2.88. The van der Waals surface area contributed by atoms with Gasteiger partial charge in [-0.3, -0.25) is 0 Å². The van der Waals surface area contributed by atoms with E-state index in [0.717, 1.165) is 0 Å². The Labute approximate surface area is 126 Å². The highest BCUT2D eigenvalue weighted by Gasteiger charge is 2.16. The van der Waals surface area contributed by atoms with Gasteiger partial charge in [0, 0.05) is 13.1 Å². The van der Waals surface area contributed by atoms with Crippen molar-refractivity contribution >= 4 is 29.2 Å². The van der Waals surface area contributed by atoms with Crippen LogP contribution in [-0.4, -0.2) is 28.5 Å². The number of hydrogen-bond acceptors (Lipinski definition) is 7. The van der Waals surface area contributed by atoms with Crippen LogP contribution in [0.3, 0.4) is 0 Å². The zero-order chi connectivity index (χ0) is 16.0. The molecule has 8 nitrogen and oxygen atoms in total. The van der Waals surface area contributed by atoms with Crippen LogP contribution < -0.4 is 11.1 Å². The SMILES string of the molecule is CC(=O)ON=C(N)c1cnc(CNC(=O)OC(C)(C)C)s1. The molecule has 0 bridgehead atoms. The quantitative estimate of drug-likeness (QED) is 0.375. The van der Waals surface area contributed by atoms with Gasteiger partial charge in [0.2, 0.25) is 0 Å². The van der Waals surface area contributed by atoms with E-state index in [1.807, 2.05) is 0 Å². The van der Waals surface area contributed by atoms with Gasteiger partial charge in [-0.2, -0.15) is 0 Å². The van der Waals surface area contributed by atoms with Crippen LogP contribution in [0.15, 0.2) is 11.4 Å². The Balaban J connectivity index is 2.54. The lowest BCUT2D eigenvalue weighted by atomic mass is 10.2. The molecule has 21 heavy (non-hydrogen) atoms. The summed E-state index contributed by atoms with van der Waals surface area (Å²) in [6, 6.07) is 0. The topological polar surface area (TPSA) is 116 Å². The number of thiazole rings is 1. The van der Waals surface area contributed by atoms with E-state index in [0.29, 0.717) is 9.88 Å². The van der Waals surface area contributed by atoms with E-state index < -0.39 is 17.7 Å². The van der Waals surface area contributed by atoms with Crippen molar-refractivity contribution in [2.75, 3.05) is 0 Å². The van der Waals surface area contributed by atoms with E-state index in [-0.39, 0.29) is 12.4 Å². The molecular weight excluding hydrogens is 296 g/mol. The fraction of sp³-hybridized carbons (Fsp3) is 0.500. The molecule has 1 aromatic heterocycles. The largest absolute Gasteiger partial charge is 0.444 e. The zero-order valence-corrected chi connectivity index (χ0v) is 13.1. The minimum atomic E-state index is -0.561. The standard InChI is InChI=1S/C12H18N4O4S/c1-7(17)20-16-10(13)8-5-14-9(21-8)6-15-11(18)19-12(2,3)4/h5H,6H2,1-4H3,(H2,13,16)(H,15,18). The number of nitrogens with one attached hydrogen (secondary N) is 1. The maximum Gasteiger partial charge on any atom is 0.408 e. The van der Waals surface area contributed by atoms with Crippen LogP contribution >= 0.6 is 11.3 Å². The maximum absolute atomic E-state index is 11.5. The number of nitrogens with zero attached hydrogens (tertiary/aromatic N) is 2. The van der Waals surface area contributed by atoms with Gasteiger partial charge in [0.05, 0.1) is 11.4 Å². The molecule has 0 aliphatic carbocycles. The molecular formula is C12H18N4O4S. The summed E-state index contributed by atoms with van der Waals surface area (Å²) in [5.74, 6) is -0.513. The molecule has 0 saturated carbocycles. The summed E-state index contributed by atoms with van der Waals surface area (Å²) in [5.41, 5.74) is 5.07. The van der Waals surface area contributed by atoms with Crippen LogP contribution in [-0.2, 0) is 20.9 Å². The second kappa shape index (κ2) is 7.02. The van der Waals surface area contributed by atoms with Crippen molar-refractivity contribution in [1.29, 1.82) is 0 Å². The van der Waals surface area contributed by atoms with Crippen LogP contribution in [0, 0.1) is 0 Å². The average Bonchev–Trinajstić information content (AvgIpc) is 2.80. The molecule has 0 spiro atoms. The summed E-state index contributed by atoms with van der Waals surface area (Å²) in [7, 11) is 0. The molecule has 0 atom stereocenters. The Bertz CT molecular complexity index is 548. The van der Waals surface area contributed by atoms with Crippen molar-refractivity contribution < 1.29 is 19.2 Å².